The van der Waals surface area contributed by atoms with Crippen LogP contribution in [0.4, 0.5) is 5.69 Å². The summed E-state index contributed by atoms with van der Waals surface area (Å²) in [7, 11) is 0. The number of nitro groups is 1. The van der Waals surface area contributed by atoms with E-state index in [0.29, 0.717) is 35.1 Å². The number of carbonyl (C=O) groups excluding carboxylic acids is 1. The first kappa shape index (κ1) is 19.6. The Bertz CT molecular complexity index is 1030. The first-order valence-corrected chi connectivity index (χ1v) is 9.03. The second-order valence-electron chi connectivity index (χ2n) is 6.44. The van der Waals surface area contributed by atoms with E-state index in [-0.39, 0.29) is 11.6 Å². The van der Waals surface area contributed by atoms with Crippen molar-refractivity contribution in [3.8, 4) is 0 Å². The van der Waals surface area contributed by atoms with E-state index in [9.17, 15) is 14.9 Å². The lowest BCUT2D eigenvalue weighted by Crippen LogP contribution is -2.22. The van der Waals surface area contributed by atoms with Crippen LogP contribution in [0.2, 0.25) is 5.02 Å². The Balaban J connectivity index is 1.66. The minimum Gasteiger partial charge on any atom is -0.348 e. The van der Waals surface area contributed by atoms with E-state index in [2.05, 4.69) is 10.4 Å². The number of aromatic nitrogens is 2. The summed E-state index contributed by atoms with van der Waals surface area (Å²) in [5, 5.41) is 18.8. The average molecular weight is 399 g/mol. The van der Waals surface area contributed by atoms with Crippen LogP contribution in [0.3, 0.4) is 0 Å². The fourth-order valence-electron chi connectivity index (χ4n) is 2.97. The van der Waals surface area contributed by atoms with Crippen LogP contribution in [0.15, 0.2) is 48.5 Å². The molecule has 0 unspecified atom stereocenters. The van der Waals surface area contributed by atoms with E-state index in [4.69, 9.17) is 11.6 Å². The standard InChI is InChI=1S/C20H19ClN4O3/c1-13-19(25(27)28)14(2)24(23-13)12-15-6-8-17(9-7-15)20(26)22-11-16-4-3-5-18(21)10-16/h3-10H,11-12H2,1-2H3,(H,22,26). The third kappa shape index (κ3) is 4.37. The summed E-state index contributed by atoms with van der Waals surface area (Å²) < 4.78 is 1.60. The van der Waals surface area contributed by atoms with E-state index >= 15 is 0 Å². The van der Waals surface area contributed by atoms with Gasteiger partial charge >= 0.3 is 5.69 Å². The van der Waals surface area contributed by atoms with Crippen molar-refractivity contribution in [3.63, 3.8) is 0 Å². The van der Waals surface area contributed by atoms with Crippen LogP contribution in [0, 0.1) is 24.0 Å². The summed E-state index contributed by atoms with van der Waals surface area (Å²) in [6.07, 6.45) is 0. The second-order valence-corrected chi connectivity index (χ2v) is 6.88. The number of nitrogens with zero attached hydrogens (tertiary/aromatic N) is 3. The number of rotatable bonds is 6. The Hall–Kier alpha value is -3.19. The largest absolute Gasteiger partial charge is 0.348 e. The lowest BCUT2D eigenvalue weighted by atomic mass is 10.1. The van der Waals surface area contributed by atoms with Crippen molar-refractivity contribution < 1.29 is 9.72 Å². The van der Waals surface area contributed by atoms with Crippen LogP contribution < -0.4 is 5.32 Å². The highest BCUT2D eigenvalue weighted by Crippen LogP contribution is 2.22. The van der Waals surface area contributed by atoms with Crippen LogP contribution in [0.1, 0.15) is 32.9 Å². The molecule has 0 saturated carbocycles. The number of nitrogens with one attached hydrogen (secondary N) is 1. The first-order chi connectivity index (χ1) is 13.3. The molecule has 1 heterocycles. The van der Waals surface area contributed by atoms with Gasteiger partial charge in [0.15, 0.2) is 0 Å². The summed E-state index contributed by atoms with van der Waals surface area (Å²) >= 11 is 5.94. The number of aryl methyl sites for hydroxylation is 1. The maximum Gasteiger partial charge on any atom is 0.312 e. The van der Waals surface area contributed by atoms with Crippen LogP contribution in [-0.2, 0) is 13.1 Å². The molecular formula is C20H19ClN4O3. The van der Waals surface area contributed by atoms with Gasteiger partial charge < -0.3 is 5.32 Å². The molecule has 0 saturated heterocycles. The van der Waals surface area contributed by atoms with E-state index in [1.54, 1.807) is 42.8 Å². The highest BCUT2D eigenvalue weighted by Gasteiger charge is 2.21. The molecule has 3 rings (SSSR count). The Morgan fingerprint density at radius 1 is 1.18 bits per heavy atom. The molecule has 0 spiro atoms. The van der Waals surface area contributed by atoms with Crippen LogP contribution >= 0.6 is 11.6 Å². The van der Waals surface area contributed by atoms with Crippen molar-refractivity contribution >= 4 is 23.2 Å². The molecule has 0 aliphatic rings. The summed E-state index contributed by atoms with van der Waals surface area (Å²) in [5.41, 5.74) is 3.28. The van der Waals surface area contributed by atoms with Gasteiger partial charge in [0, 0.05) is 17.1 Å². The molecule has 7 nitrogen and oxygen atoms in total. The SMILES string of the molecule is Cc1nn(Cc2ccc(C(=O)NCc3cccc(Cl)c3)cc2)c(C)c1[N+](=O)[O-]. The molecule has 0 atom stereocenters. The number of hydrogen-bond acceptors (Lipinski definition) is 4. The maximum absolute atomic E-state index is 12.3. The van der Waals surface area contributed by atoms with E-state index in [0.717, 1.165) is 11.1 Å². The van der Waals surface area contributed by atoms with Gasteiger partial charge in [0.2, 0.25) is 0 Å². The fraction of sp³-hybridized carbons (Fsp3) is 0.200. The zero-order valence-electron chi connectivity index (χ0n) is 15.5. The van der Waals surface area contributed by atoms with Gasteiger partial charge in [0.25, 0.3) is 5.91 Å². The quantitative estimate of drug-likeness (QED) is 0.501. The van der Waals surface area contributed by atoms with Gasteiger partial charge in [0.1, 0.15) is 11.4 Å². The molecule has 144 valence electrons. The van der Waals surface area contributed by atoms with Crippen molar-refractivity contribution in [1.29, 1.82) is 0 Å². The van der Waals surface area contributed by atoms with Crippen molar-refractivity contribution in [2.24, 2.45) is 0 Å². The Morgan fingerprint density at radius 2 is 1.89 bits per heavy atom. The van der Waals surface area contributed by atoms with Crippen molar-refractivity contribution in [2.75, 3.05) is 0 Å². The first-order valence-electron chi connectivity index (χ1n) is 8.65. The molecule has 0 fully saturated rings. The molecule has 1 amide bonds. The number of benzene rings is 2. The molecule has 0 aliphatic heterocycles. The molecule has 1 aromatic heterocycles. The minimum atomic E-state index is -0.415. The molecule has 8 heteroatoms. The molecule has 0 aliphatic carbocycles. The van der Waals surface area contributed by atoms with E-state index < -0.39 is 4.92 Å². The van der Waals surface area contributed by atoms with Crippen molar-refractivity contribution in [1.82, 2.24) is 15.1 Å². The summed E-state index contributed by atoms with van der Waals surface area (Å²) in [4.78, 5) is 23.0. The second kappa shape index (κ2) is 8.22. The molecule has 28 heavy (non-hydrogen) atoms. The fourth-order valence-corrected chi connectivity index (χ4v) is 3.18. The minimum absolute atomic E-state index is 0.0389. The van der Waals surface area contributed by atoms with Crippen LogP contribution in [0.5, 0.6) is 0 Å². The maximum atomic E-state index is 12.3. The number of halogens is 1. The van der Waals surface area contributed by atoms with Gasteiger partial charge in [-0.15, -0.1) is 0 Å². The Kier molecular flexibility index (Phi) is 5.75. The van der Waals surface area contributed by atoms with Gasteiger partial charge in [-0.1, -0.05) is 35.9 Å². The third-order valence-electron chi connectivity index (χ3n) is 4.42. The molecular weight excluding hydrogens is 380 g/mol. The highest BCUT2D eigenvalue weighted by atomic mass is 35.5. The van der Waals surface area contributed by atoms with Gasteiger partial charge in [-0.2, -0.15) is 5.10 Å². The molecule has 2 aromatic carbocycles. The molecule has 0 radical (unpaired) electrons. The zero-order chi connectivity index (χ0) is 20.3. The lowest BCUT2D eigenvalue weighted by Gasteiger charge is -2.08. The number of amides is 1. The Labute approximate surface area is 167 Å². The van der Waals surface area contributed by atoms with Crippen molar-refractivity contribution in [3.05, 3.63) is 91.7 Å². The molecule has 1 N–H and O–H groups in total. The normalized spacial score (nSPS) is 10.7. The molecule has 0 bridgehead atoms. The summed E-state index contributed by atoms with van der Waals surface area (Å²) in [5.74, 6) is -0.187. The van der Waals surface area contributed by atoms with Crippen LogP contribution in [0.25, 0.3) is 0 Å². The summed E-state index contributed by atoms with van der Waals surface area (Å²) in [6, 6.07) is 14.4. The van der Waals surface area contributed by atoms with E-state index in [1.807, 2.05) is 24.3 Å². The monoisotopic (exact) mass is 398 g/mol. The smallest absolute Gasteiger partial charge is 0.312 e. The molecule has 3 aromatic rings. The van der Waals surface area contributed by atoms with Gasteiger partial charge in [-0.05, 0) is 49.2 Å². The van der Waals surface area contributed by atoms with Gasteiger partial charge in [-0.25, -0.2) is 0 Å². The highest BCUT2D eigenvalue weighted by molar-refractivity contribution is 6.30. The van der Waals surface area contributed by atoms with Gasteiger partial charge in [-0.3, -0.25) is 19.6 Å². The number of carbonyl (C=O) groups is 1. The van der Waals surface area contributed by atoms with Gasteiger partial charge in [0.05, 0.1) is 11.5 Å². The topological polar surface area (TPSA) is 90.1 Å². The predicted octanol–water partition coefficient (Wildman–Crippen LogP) is 4.04. The third-order valence-corrected chi connectivity index (χ3v) is 4.65. The van der Waals surface area contributed by atoms with E-state index in [1.165, 1.54) is 0 Å². The summed E-state index contributed by atoms with van der Waals surface area (Å²) in [6.45, 7) is 4.08. The Morgan fingerprint density at radius 3 is 2.50 bits per heavy atom. The lowest BCUT2D eigenvalue weighted by molar-refractivity contribution is -0.386. The predicted molar refractivity (Wildman–Crippen MR) is 107 cm³/mol. The van der Waals surface area contributed by atoms with Crippen LogP contribution in [-0.4, -0.2) is 20.6 Å². The zero-order valence-corrected chi connectivity index (χ0v) is 16.2. The number of hydrogen-bond donors (Lipinski definition) is 1. The van der Waals surface area contributed by atoms with Crippen molar-refractivity contribution in [2.45, 2.75) is 26.9 Å². The average Bonchev–Trinajstić information content (AvgIpc) is 2.94.